The van der Waals surface area contributed by atoms with Gasteiger partial charge in [0.1, 0.15) is 11.4 Å². The molecule has 3 rings (SSSR count). The van der Waals surface area contributed by atoms with Crippen LogP contribution in [0.2, 0.25) is 0 Å². The number of nitrogens with one attached hydrogen (secondary N) is 1. The predicted molar refractivity (Wildman–Crippen MR) is 107 cm³/mol. The molecule has 1 unspecified atom stereocenters. The zero-order valence-corrected chi connectivity index (χ0v) is 16.0. The zero-order chi connectivity index (χ0) is 18.8. The van der Waals surface area contributed by atoms with Crippen molar-refractivity contribution in [1.29, 1.82) is 0 Å². The summed E-state index contributed by atoms with van der Waals surface area (Å²) in [6.07, 6.45) is 6.09. The van der Waals surface area contributed by atoms with Gasteiger partial charge in [-0.25, -0.2) is 0 Å². The molecule has 136 valence electrons. The molecule has 0 fully saturated rings. The average molecular weight is 349 g/mol. The lowest BCUT2D eigenvalue weighted by Gasteiger charge is -2.32. The van der Waals surface area contributed by atoms with Crippen LogP contribution in [-0.4, -0.2) is 11.5 Å². The second-order valence-corrected chi connectivity index (χ2v) is 8.19. The molecule has 0 saturated carbocycles. The first-order valence-corrected chi connectivity index (χ1v) is 9.13. The average Bonchev–Trinajstić information content (AvgIpc) is 2.60. The quantitative estimate of drug-likeness (QED) is 0.795. The number of hydrogen-bond acceptors (Lipinski definition) is 2. The Kier molecular flexibility index (Phi) is 4.90. The molecule has 1 aliphatic heterocycles. The van der Waals surface area contributed by atoms with E-state index in [4.69, 9.17) is 4.74 Å². The molecule has 1 heterocycles. The van der Waals surface area contributed by atoms with Crippen LogP contribution in [-0.2, 0) is 11.2 Å². The number of carbonyl (C=O) groups excluding carboxylic acids is 1. The molecule has 0 spiro atoms. The van der Waals surface area contributed by atoms with Gasteiger partial charge in [0, 0.05) is 16.7 Å². The van der Waals surface area contributed by atoms with Crippen LogP contribution in [0.3, 0.4) is 0 Å². The standard InChI is InChI=1S/C23H27NO2/c1-22(2,3)21(25)24-19-10-11-20-18(16-19)13-15-23(4,26-20)14-12-17-8-6-5-7-9-17/h5-11,13,15-16H,12,14H2,1-4H3,(H,24,25). The van der Waals surface area contributed by atoms with E-state index in [-0.39, 0.29) is 11.5 Å². The molecule has 0 saturated heterocycles. The molecule has 0 bridgehead atoms. The summed E-state index contributed by atoms with van der Waals surface area (Å²) in [5.41, 5.74) is 2.37. The van der Waals surface area contributed by atoms with Crippen molar-refractivity contribution in [2.75, 3.05) is 5.32 Å². The second kappa shape index (κ2) is 6.99. The number of anilines is 1. The van der Waals surface area contributed by atoms with Gasteiger partial charge < -0.3 is 10.1 Å². The van der Waals surface area contributed by atoms with Gasteiger partial charge in [0.25, 0.3) is 0 Å². The van der Waals surface area contributed by atoms with Crippen molar-refractivity contribution >= 4 is 17.7 Å². The van der Waals surface area contributed by atoms with Gasteiger partial charge in [0.2, 0.25) is 5.91 Å². The summed E-state index contributed by atoms with van der Waals surface area (Å²) in [6.45, 7) is 7.83. The monoisotopic (exact) mass is 349 g/mol. The Morgan fingerprint density at radius 1 is 1.12 bits per heavy atom. The van der Waals surface area contributed by atoms with E-state index in [0.29, 0.717) is 0 Å². The van der Waals surface area contributed by atoms with E-state index in [9.17, 15) is 4.79 Å². The van der Waals surface area contributed by atoms with E-state index in [1.807, 2.05) is 45.0 Å². The fourth-order valence-corrected chi connectivity index (χ4v) is 2.89. The minimum absolute atomic E-state index is 0.00542. The first-order chi connectivity index (χ1) is 12.3. The maximum absolute atomic E-state index is 12.2. The molecule has 2 aromatic rings. The molecule has 1 aliphatic rings. The van der Waals surface area contributed by atoms with Crippen molar-refractivity contribution in [1.82, 2.24) is 0 Å². The van der Waals surface area contributed by atoms with Crippen LogP contribution in [0.5, 0.6) is 5.75 Å². The molecule has 1 amide bonds. The van der Waals surface area contributed by atoms with Crippen LogP contribution >= 0.6 is 0 Å². The van der Waals surface area contributed by atoms with E-state index < -0.39 is 5.41 Å². The maximum atomic E-state index is 12.2. The van der Waals surface area contributed by atoms with Crippen LogP contribution in [0.1, 0.15) is 45.2 Å². The van der Waals surface area contributed by atoms with E-state index >= 15 is 0 Å². The van der Waals surface area contributed by atoms with Crippen LogP contribution in [0, 0.1) is 5.41 Å². The lowest BCUT2D eigenvalue weighted by molar-refractivity contribution is -0.123. The first-order valence-electron chi connectivity index (χ1n) is 9.13. The van der Waals surface area contributed by atoms with Crippen LogP contribution in [0.25, 0.3) is 6.08 Å². The Hall–Kier alpha value is -2.55. The van der Waals surface area contributed by atoms with Crippen LogP contribution in [0.15, 0.2) is 54.6 Å². The summed E-state index contributed by atoms with van der Waals surface area (Å²) in [7, 11) is 0. The number of aryl methyl sites for hydroxylation is 1. The molecular formula is C23H27NO2. The molecule has 1 atom stereocenters. The number of rotatable bonds is 4. The number of fused-ring (bicyclic) bond motifs is 1. The van der Waals surface area contributed by atoms with Crippen LogP contribution in [0.4, 0.5) is 5.69 Å². The minimum Gasteiger partial charge on any atom is -0.483 e. The molecule has 3 heteroatoms. The van der Waals surface area contributed by atoms with Gasteiger partial charge in [0.05, 0.1) is 0 Å². The highest BCUT2D eigenvalue weighted by Crippen LogP contribution is 2.35. The van der Waals surface area contributed by atoms with E-state index in [1.54, 1.807) is 0 Å². The predicted octanol–water partition coefficient (Wildman–Crippen LogP) is 5.47. The summed E-state index contributed by atoms with van der Waals surface area (Å²) in [5.74, 6) is 0.864. The molecule has 0 radical (unpaired) electrons. The smallest absolute Gasteiger partial charge is 0.229 e. The Balaban J connectivity index is 1.69. The topological polar surface area (TPSA) is 38.3 Å². The third-order valence-corrected chi connectivity index (χ3v) is 4.66. The number of amides is 1. The summed E-state index contributed by atoms with van der Waals surface area (Å²) in [4.78, 5) is 12.2. The number of hydrogen-bond donors (Lipinski definition) is 1. The molecule has 1 N–H and O–H groups in total. The van der Waals surface area contributed by atoms with Gasteiger partial charge in [-0.3, -0.25) is 4.79 Å². The van der Waals surface area contributed by atoms with Crippen LogP contribution < -0.4 is 10.1 Å². The molecule has 0 aromatic heterocycles. The van der Waals surface area contributed by atoms with E-state index in [0.717, 1.165) is 29.8 Å². The Morgan fingerprint density at radius 2 is 1.85 bits per heavy atom. The van der Waals surface area contributed by atoms with Gasteiger partial charge in [-0.15, -0.1) is 0 Å². The summed E-state index contributed by atoms with van der Waals surface area (Å²) in [6, 6.07) is 16.3. The molecule has 2 aromatic carbocycles. The normalized spacial score (nSPS) is 18.8. The van der Waals surface area contributed by atoms with Crippen molar-refractivity contribution in [2.24, 2.45) is 5.41 Å². The molecule has 3 nitrogen and oxygen atoms in total. The third kappa shape index (κ3) is 4.34. The molecule has 0 aliphatic carbocycles. The van der Waals surface area contributed by atoms with E-state index in [1.165, 1.54) is 5.56 Å². The van der Waals surface area contributed by atoms with E-state index in [2.05, 4.69) is 48.7 Å². The van der Waals surface area contributed by atoms with Gasteiger partial charge >= 0.3 is 0 Å². The minimum atomic E-state index is -0.418. The van der Waals surface area contributed by atoms with Gasteiger partial charge in [0.15, 0.2) is 0 Å². The number of ether oxygens (including phenoxy) is 1. The lowest BCUT2D eigenvalue weighted by atomic mass is 9.92. The second-order valence-electron chi connectivity index (χ2n) is 8.19. The SMILES string of the molecule is CC1(CCc2ccccc2)C=Cc2cc(NC(=O)C(C)(C)C)ccc2O1. The van der Waals surface area contributed by atoms with Crippen molar-refractivity contribution in [3.63, 3.8) is 0 Å². The Labute approximate surface area is 156 Å². The fourth-order valence-electron chi connectivity index (χ4n) is 2.89. The number of carbonyl (C=O) groups is 1. The zero-order valence-electron chi connectivity index (χ0n) is 16.0. The maximum Gasteiger partial charge on any atom is 0.229 e. The highest BCUT2D eigenvalue weighted by molar-refractivity contribution is 5.95. The summed E-state index contributed by atoms with van der Waals surface area (Å²) in [5, 5.41) is 2.97. The lowest BCUT2D eigenvalue weighted by Crippen LogP contribution is -2.32. The van der Waals surface area contributed by atoms with Gasteiger partial charge in [-0.05, 0) is 49.6 Å². The fraction of sp³-hybridized carbons (Fsp3) is 0.348. The van der Waals surface area contributed by atoms with Crippen molar-refractivity contribution < 1.29 is 9.53 Å². The van der Waals surface area contributed by atoms with Crippen molar-refractivity contribution in [3.05, 3.63) is 65.7 Å². The molecular weight excluding hydrogens is 322 g/mol. The highest BCUT2D eigenvalue weighted by Gasteiger charge is 2.27. The Bertz CT molecular complexity index is 818. The van der Waals surface area contributed by atoms with Crippen molar-refractivity contribution in [2.45, 2.75) is 46.1 Å². The first kappa shape index (κ1) is 18.2. The number of benzene rings is 2. The highest BCUT2D eigenvalue weighted by atomic mass is 16.5. The summed E-state index contributed by atoms with van der Waals surface area (Å²) >= 11 is 0. The summed E-state index contributed by atoms with van der Waals surface area (Å²) < 4.78 is 6.27. The molecule has 26 heavy (non-hydrogen) atoms. The van der Waals surface area contributed by atoms with Gasteiger partial charge in [-0.1, -0.05) is 57.2 Å². The largest absolute Gasteiger partial charge is 0.483 e. The van der Waals surface area contributed by atoms with Crippen molar-refractivity contribution in [3.8, 4) is 5.75 Å². The third-order valence-electron chi connectivity index (χ3n) is 4.66. The Morgan fingerprint density at radius 3 is 2.54 bits per heavy atom. The van der Waals surface area contributed by atoms with Gasteiger partial charge in [-0.2, -0.15) is 0 Å².